The van der Waals surface area contributed by atoms with Gasteiger partial charge in [-0.1, -0.05) is 0 Å². The second-order valence-electron chi connectivity index (χ2n) is 4.00. The largest absolute Gasteiger partial charge is 0.444 e. The molecule has 0 spiro atoms. The third-order valence-corrected chi connectivity index (χ3v) is 3.53. The molecule has 1 unspecified atom stereocenters. The van der Waals surface area contributed by atoms with E-state index in [1.165, 1.54) is 30.2 Å². The first kappa shape index (κ1) is 14.0. The van der Waals surface area contributed by atoms with Gasteiger partial charge < -0.3 is 14.6 Å². The predicted octanol–water partition coefficient (Wildman–Crippen LogP) is 2.07. The minimum atomic E-state index is -0.714. The second kappa shape index (κ2) is 6.70. The fourth-order valence-corrected chi connectivity index (χ4v) is 2.29. The highest BCUT2D eigenvalue weighted by molar-refractivity contribution is 7.98. The monoisotopic (exact) mass is 283 g/mol. The van der Waals surface area contributed by atoms with Crippen molar-refractivity contribution in [2.24, 2.45) is 0 Å². The van der Waals surface area contributed by atoms with Crippen LogP contribution in [0.5, 0.6) is 0 Å². The van der Waals surface area contributed by atoms with Gasteiger partial charge in [0.1, 0.15) is 12.1 Å². The number of rotatable bonds is 6. The number of halogens is 1. The average Bonchev–Trinajstić information content (AvgIpc) is 2.88. The molecule has 0 aliphatic rings. The van der Waals surface area contributed by atoms with Crippen LogP contribution in [0.25, 0.3) is 11.5 Å². The summed E-state index contributed by atoms with van der Waals surface area (Å²) in [5.74, 6) is 1.17. The third-order valence-electron chi connectivity index (χ3n) is 2.41. The maximum absolute atomic E-state index is 12.8. The van der Waals surface area contributed by atoms with Crippen LogP contribution >= 0.6 is 11.8 Å². The summed E-state index contributed by atoms with van der Waals surface area (Å²) in [6, 6.07) is 5.92. The average molecular weight is 283 g/mol. The van der Waals surface area contributed by atoms with E-state index in [9.17, 15) is 9.50 Å². The van der Waals surface area contributed by atoms with Gasteiger partial charge in [-0.2, -0.15) is 11.8 Å². The molecule has 0 saturated carbocycles. The van der Waals surface area contributed by atoms with Crippen LogP contribution < -0.4 is 0 Å². The van der Waals surface area contributed by atoms with Crippen molar-refractivity contribution in [1.82, 2.24) is 4.98 Å². The van der Waals surface area contributed by atoms with Crippen molar-refractivity contribution in [2.45, 2.75) is 11.9 Å². The molecule has 2 N–H and O–H groups in total. The molecule has 1 aromatic heterocycles. The quantitative estimate of drug-likeness (QED) is 0.849. The van der Waals surface area contributed by atoms with Crippen molar-refractivity contribution in [3.63, 3.8) is 0 Å². The van der Waals surface area contributed by atoms with Gasteiger partial charge in [-0.05, 0) is 24.3 Å². The molecule has 0 saturated heterocycles. The Morgan fingerprint density at radius 2 is 2.05 bits per heavy atom. The Bertz CT molecular complexity index is 515. The first-order chi connectivity index (χ1) is 9.19. The topological polar surface area (TPSA) is 66.5 Å². The Labute approximate surface area is 114 Å². The molecule has 2 rings (SSSR count). The van der Waals surface area contributed by atoms with Crippen LogP contribution in [0.15, 0.2) is 34.9 Å². The molecule has 1 atom stereocenters. The minimum absolute atomic E-state index is 0.243. The molecular formula is C13H14FNO3S. The lowest BCUT2D eigenvalue weighted by Crippen LogP contribution is -2.14. The lowest BCUT2D eigenvalue weighted by atomic mass is 10.2. The first-order valence-corrected chi connectivity index (χ1v) is 6.91. The van der Waals surface area contributed by atoms with Crippen molar-refractivity contribution in [3.05, 3.63) is 42.0 Å². The molecule has 0 bridgehead atoms. The zero-order chi connectivity index (χ0) is 13.7. The lowest BCUT2D eigenvalue weighted by Gasteiger charge is -2.04. The Hall–Kier alpha value is -1.37. The summed E-state index contributed by atoms with van der Waals surface area (Å²) < 4.78 is 18.1. The predicted molar refractivity (Wildman–Crippen MR) is 71.2 cm³/mol. The van der Waals surface area contributed by atoms with Crippen LogP contribution in [-0.2, 0) is 5.75 Å². The van der Waals surface area contributed by atoms with E-state index in [1.807, 2.05) is 0 Å². The number of thioether (sulfide) groups is 1. The molecule has 1 heterocycles. The molecule has 19 heavy (non-hydrogen) atoms. The van der Waals surface area contributed by atoms with Crippen LogP contribution in [0.2, 0.25) is 0 Å². The molecule has 6 heteroatoms. The van der Waals surface area contributed by atoms with Crippen LogP contribution in [0.4, 0.5) is 4.39 Å². The fourth-order valence-electron chi connectivity index (χ4n) is 1.45. The number of aliphatic hydroxyl groups is 2. The maximum Gasteiger partial charge on any atom is 0.226 e. The molecule has 1 aromatic carbocycles. The number of hydrogen-bond acceptors (Lipinski definition) is 5. The molecule has 4 nitrogen and oxygen atoms in total. The Balaban J connectivity index is 1.93. The molecule has 0 fully saturated rings. The Kier molecular flexibility index (Phi) is 4.95. The van der Waals surface area contributed by atoms with Crippen molar-refractivity contribution in [1.29, 1.82) is 0 Å². The van der Waals surface area contributed by atoms with E-state index in [0.717, 1.165) is 5.69 Å². The van der Waals surface area contributed by atoms with Gasteiger partial charge in [0.2, 0.25) is 5.89 Å². The van der Waals surface area contributed by atoms with E-state index in [4.69, 9.17) is 9.52 Å². The van der Waals surface area contributed by atoms with Gasteiger partial charge in [0, 0.05) is 17.1 Å². The lowest BCUT2D eigenvalue weighted by molar-refractivity contribution is 0.113. The maximum atomic E-state index is 12.8. The number of hydrogen-bond donors (Lipinski definition) is 2. The molecule has 0 aliphatic carbocycles. The van der Waals surface area contributed by atoms with Crippen LogP contribution in [0, 0.1) is 5.82 Å². The van der Waals surface area contributed by atoms with E-state index >= 15 is 0 Å². The normalized spacial score (nSPS) is 12.6. The van der Waals surface area contributed by atoms with Gasteiger partial charge in [0.25, 0.3) is 0 Å². The highest BCUT2D eigenvalue weighted by Gasteiger charge is 2.08. The minimum Gasteiger partial charge on any atom is -0.444 e. The SMILES string of the molecule is OCC(O)CSCc1coc(-c2ccc(F)cc2)n1. The van der Waals surface area contributed by atoms with Gasteiger partial charge in [-0.3, -0.25) is 0 Å². The first-order valence-electron chi connectivity index (χ1n) is 5.76. The number of aromatic nitrogens is 1. The molecular weight excluding hydrogens is 269 g/mol. The summed E-state index contributed by atoms with van der Waals surface area (Å²) in [6.45, 7) is -0.243. The molecule has 0 radical (unpaired) electrons. The number of oxazole rings is 1. The van der Waals surface area contributed by atoms with Crippen molar-refractivity contribution in [2.75, 3.05) is 12.4 Å². The second-order valence-corrected chi connectivity index (χ2v) is 5.03. The fraction of sp³-hybridized carbons (Fsp3) is 0.308. The number of nitrogens with zero attached hydrogens (tertiary/aromatic N) is 1. The summed E-state index contributed by atoms with van der Waals surface area (Å²) in [6.07, 6.45) is 0.824. The summed E-state index contributed by atoms with van der Waals surface area (Å²) in [5.41, 5.74) is 1.46. The third kappa shape index (κ3) is 4.05. The molecule has 2 aromatic rings. The van der Waals surface area contributed by atoms with Gasteiger partial charge in [0.05, 0.1) is 18.4 Å². The van der Waals surface area contributed by atoms with Gasteiger partial charge >= 0.3 is 0 Å². The summed E-state index contributed by atoms with van der Waals surface area (Å²) in [4.78, 5) is 4.28. The van der Waals surface area contributed by atoms with Gasteiger partial charge in [-0.15, -0.1) is 0 Å². The number of aliphatic hydroxyl groups excluding tert-OH is 2. The number of benzene rings is 1. The molecule has 102 valence electrons. The van der Waals surface area contributed by atoms with E-state index in [1.54, 1.807) is 12.1 Å². The zero-order valence-corrected chi connectivity index (χ0v) is 10.9. The van der Waals surface area contributed by atoms with Crippen LogP contribution in [0.1, 0.15) is 5.69 Å². The zero-order valence-electron chi connectivity index (χ0n) is 10.1. The Morgan fingerprint density at radius 1 is 1.32 bits per heavy atom. The van der Waals surface area contributed by atoms with E-state index < -0.39 is 6.10 Å². The summed E-state index contributed by atoms with van der Waals surface area (Å²) in [7, 11) is 0. The van der Waals surface area contributed by atoms with Crippen molar-refractivity contribution < 1.29 is 19.0 Å². The van der Waals surface area contributed by atoms with Gasteiger partial charge in [-0.25, -0.2) is 9.37 Å². The molecule has 0 aliphatic heterocycles. The molecule has 0 amide bonds. The van der Waals surface area contributed by atoms with Crippen molar-refractivity contribution >= 4 is 11.8 Å². The van der Waals surface area contributed by atoms with E-state index in [0.29, 0.717) is 23.0 Å². The standard InChI is InChI=1S/C13H14FNO3S/c14-10-3-1-9(2-4-10)13-15-11(6-18-13)7-19-8-12(17)5-16/h1-4,6,12,16-17H,5,7-8H2. The summed E-state index contributed by atoms with van der Waals surface area (Å²) in [5, 5.41) is 17.9. The summed E-state index contributed by atoms with van der Waals surface area (Å²) >= 11 is 1.46. The highest BCUT2D eigenvalue weighted by Crippen LogP contribution is 2.21. The Morgan fingerprint density at radius 3 is 2.74 bits per heavy atom. The van der Waals surface area contributed by atoms with E-state index in [2.05, 4.69) is 4.98 Å². The van der Waals surface area contributed by atoms with Crippen LogP contribution in [-0.4, -0.2) is 33.7 Å². The van der Waals surface area contributed by atoms with E-state index in [-0.39, 0.29) is 12.4 Å². The van der Waals surface area contributed by atoms with Gasteiger partial charge in [0.15, 0.2) is 0 Å². The van der Waals surface area contributed by atoms with Crippen LogP contribution in [0.3, 0.4) is 0 Å². The smallest absolute Gasteiger partial charge is 0.226 e. The highest BCUT2D eigenvalue weighted by atomic mass is 32.2. The van der Waals surface area contributed by atoms with Crippen molar-refractivity contribution in [3.8, 4) is 11.5 Å².